The third-order valence-electron chi connectivity index (χ3n) is 1.88. The minimum Gasteiger partial charge on any atom is -0.352 e. The van der Waals surface area contributed by atoms with Crippen molar-refractivity contribution >= 4 is 5.91 Å². The first-order valence-corrected chi connectivity index (χ1v) is 4.74. The normalized spacial score (nSPS) is 9.56. The highest BCUT2D eigenvalue weighted by atomic mass is 19.1. The lowest BCUT2D eigenvalue weighted by Crippen LogP contribution is -2.24. The number of carbonyl (C=O) groups is 1. The number of benzene rings is 1. The highest BCUT2D eigenvalue weighted by Gasteiger charge is 2.08. The molecule has 16 heavy (non-hydrogen) atoms. The van der Waals surface area contributed by atoms with Crippen LogP contribution in [0.15, 0.2) is 18.2 Å². The molecule has 1 amide bonds. The number of carbonyl (C=O) groups excluding carboxylic acids is 1. The maximum atomic E-state index is 12.8. The molecule has 5 heteroatoms. The van der Waals surface area contributed by atoms with Gasteiger partial charge < -0.3 is 5.32 Å². The summed E-state index contributed by atoms with van der Waals surface area (Å²) in [5.74, 6) is -2.12. The molecule has 0 saturated carbocycles. The molecule has 0 fully saturated rings. The Bertz CT molecular complexity index is 406. The van der Waals surface area contributed by atoms with Crippen molar-refractivity contribution in [1.29, 1.82) is 5.26 Å². The van der Waals surface area contributed by atoms with Crippen LogP contribution in [0.25, 0.3) is 0 Å². The van der Waals surface area contributed by atoms with Crippen molar-refractivity contribution in [3.05, 3.63) is 35.4 Å². The molecule has 0 aliphatic rings. The predicted octanol–water partition coefficient (Wildman–Crippen LogP) is 2.00. The molecular formula is C11H10F2N2O. The number of nitriles is 1. The Labute approximate surface area is 91.7 Å². The summed E-state index contributed by atoms with van der Waals surface area (Å²) < 4.78 is 25.5. The topological polar surface area (TPSA) is 52.9 Å². The van der Waals surface area contributed by atoms with E-state index < -0.39 is 17.5 Å². The smallest absolute Gasteiger partial charge is 0.251 e. The molecule has 3 nitrogen and oxygen atoms in total. The number of rotatable bonds is 4. The lowest BCUT2D eigenvalue weighted by atomic mass is 10.2. The first-order chi connectivity index (χ1) is 7.63. The second kappa shape index (κ2) is 5.81. The van der Waals surface area contributed by atoms with Crippen LogP contribution >= 0.6 is 0 Å². The molecule has 1 N–H and O–H groups in total. The van der Waals surface area contributed by atoms with Gasteiger partial charge in [0.25, 0.3) is 5.91 Å². The van der Waals surface area contributed by atoms with E-state index in [2.05, 4.69) is 5.32 Å². The molecule has 84 valence electrons. The number of hydrogen-bond acceptors (Lipinski definition) is 2. The lowest BCUT2D eigenvalue weighted by Gasteiger charge is -2.03. The Kier molecular flexibility index (Phi) is 4.40. The van der Waals surface area contributed by atoms with Crippen LogP contribution in [0.4, 0.5) is 8.78 Å². The number of amides is 1. The predicted molar refractivity (Wildman–Crippen MR) is 53.5 cm³/mol. The van der Waals surface area contributed by atoms with Gasteiger partial charge in [-0.3, -0.25) is 4.79 Å². The van der Waals surface area contributed by atoms with E-state index in [1.807, 2.05) is 6.07 Å². The van der Waals surface area contributed by atoms with Crippen LogP contribution in [0.2, 0.25) is 0 Å². The van der Waals surface area contributed by atoms with Crippen LogP contribution in [0, 0.1) is 23.0 Å². The van der Waals surface area contributed by atoms with Crippen LogP contribution in [0.5, 0.6) is 0 Å². The largest absolute Gasteiger partial charge is 0.352 e. The SMILES string of the molecule is N#CCCCNC(=O)c1cc(F)cc(F)c1. The van der Waals surface area contributed by atoms with Crippen molar-refractivity contribution in [2.75, 3.05) is 6.54 Å². The molecular weight excluding hydrogens is 214 g/mol. The quantitative estimate of drug-likeness (QED) is 0.795. The van der Waals surface area contributed by atoms with Crippen molar-refractivity contribution in [2.24, 2.45) is 0 Å². The van der Waals surface area contributed by atoms with Crippen molar-refractivity contribution in [1.82, 2.24) is 5.32 Å². The summed E-state index contributed by atoms with van der Waals surface area (Å²) in [7, 11) is 0. The third kappa shape index (κ3) is 3.65. The van der Waals surface area contributed by atoms with Gasteiger partial charge in [-0.2, -0.15) is 5.26 Å². The number of nitrogens with zero attached hydrogens (tertiary/aromatic N) is 1. The van der Waals surface area contributed by atoms with Crippen LogP contribution < -0.4 is 5.32 Å². The van der Waals surface area contributed by atoms with Gasteiger partial charge in [-0.1, -0.05) is 0 Å². The Morgan fingerprint density at radius 2 is 1.94 bits per heavy atom. The molecule has 0 aromatic heterocycles. The maximum absolute atomic E-state index is 12.8. The first kappa shape index (κ1) is 12.1. The monoisotopic (exact) mass is 224 g/mol. The second-order valence-electron chi connectivity index (χ2n) is 3.18. The summed E-state index contributed by atoms with van der Waals surface area (Å²) in [6.07, 6.45) is 0.845. The Hall–Kier alpha value is -1.96. The summed E-state index contributed by atoms with van der Waals surface area (Å²) in [6, 6.07) is 4.55. The lowest BCUT2D eigenvalue weighted by molar-refractivity contribution is 0.0952. The van der Waals surface area contributed by atoms with Gasteiger partial charge in [0.05, 0.1) is 6.07 Å². The molecule has 0 atom stereocenters. The van der Waals surface area contributed by atoms with Crippen LogP contribution in [0.1, 0.15) is 23.2 Å². The van der Waals surface area contributed by atoms with E-state index in [1.165, 1.54) is 0 Å². The van der Waals surface area contributed by atoms with E-state index in [0.29, 0.717) is 25.5 Å². The molecule has 1 aromatic rings. The molecule has 0 saturated heterocycles. The molecule has 1 aromatic carbocycles. The molecule has 0 radical (unpaired) electrons. The standard InChI is InChI=1S/C11H10F2N2O/c12-9-5-8(6-10(13)7-9)11(16)15-4-2-1-3-14/h5-7H,1-2,4H2,(H,15,16). The zero-order valence-electron chi connectivity index (χ0n) is 8.46. The van der Waals surface area contributed by atoms with Crippen LogP contribution in [-0.2, 0) is 0 Å². The van der Waals surface area contributed by atoms with Crippen LogP contribution in [0.3, 0.4) is 0 Å². The van der Waals surface area contributed by atoms with Gasteiger partial charge in [-0.05, 0) is 18.6 Å². The number of nitrogens with one attached hydrogen (secondary N) is 1. The minimum atomic E-state index is -0.790. The average Bonchev–Trinajstić information content (AvgIpc) is 2.22. The molecule has 0 heterocycles. The van der Waals surface area contributed by atoms with E-state index >= 15 is 0 Å². The fourth-order valence-corrected chi connectivity index (χ4v) is 1.16. The van der Waals surface area contributed by atoms with Gasteiger partial charge in [-0.25, -0.2) is 8.78 Å². The molecule has 0 spiro atoms. The fourth-order valence-electron chi connectivity index (χ4n) is 1.16. The molecule has 0 bridgehead atoms. The van der Waals surface area contributed by atoms with Gasteiger partial charge in [0, 0.05) is 24.6 Å². The van der Waals surface area contributed by atoms with E-state index in [1.54, 1.807) is 0 Å². The Morgan fingerprint density at radius 3 is 2.50 bits per heavy atom. The van der Waals surface area contributed by atoms with Gasteiger partial charge >= 0.3 is 0 Å². The zero-order chi connectivity index (χ0) is 12.0. The molecule has 1 rings (SSSR count). The van der Waals surface area contributed by atoms with Crippen molar-refractivity contribution in [2.45, 2.75) is 12.8 Å². The van der Waals surface area contributed by atoms with E-state index in [4.69, 9.17) is 5.26 Å². The summed E-state index contributed by atoms with van der Waals surface area (Å²) in [5.41, 5.74) is -0.0607. The number of hydrogen-bond donors (Lipinski definition) is 1. The van der Waals surface area contributed by atoms with E-state index in [9.17, 15) is 13.6 Å². The summed E-state index contributed by atoms with van der Waals surface area (Å²) in [4.78, 5) is 11.4. The fraction of sp³-hybridized carbons (Fsp3) is 0.273. The summed E-state index contributed by atoms with van der Waals surface area (Å²) in [5, 5.41) is 10.7. The van der Waals surface area contributed by atoms with Crippen molar-refractivity contribution in [3.8, 4) is 6.07 Å². The van der Waals surface area contributed by atoms with E-state index in [-0.39, 0.29) is 5.56 Å². The summed E-state index contributed by atoms with van der Waals surface area (Å²) in [6.45, 7) is 0.310. The Morgan fingerprint density at radius 1 is 1.31 bits per heavy atom. The number of unbranched alkanes of at least 4 members (excludes halogenated alkanes) is 1. The zero-order valence-corrected chi connectivity index (χ0v) is 8.46. The summed E-state index contributed by atoms with van der Waals surface area (Å²) >= 11 is 0. The van der Waals surface area contributed by atoms with Gasteiger partial charge in [0.2, 0.25) is 0 Å². The van der Waals surface area contributed by atoms with Crippen molar-refractivity contribution < 1.29 is 13.6 Å². The Balaban J connectivity index is 2.56. The molecule has 0 unspecified atom stereocenters. The minimum absolute atomic E-state index is 0.0607. The molecule has 0 aliphatic heterocycles. The first-order valence-electron chi connectivity index (χ1n) is 4.74. The molecule has 0 aliphatic carbocycles. The third-order valence-corrected chi connectivity index (χ3v) is 1.88. The second-order valence-corrected chi connectivity index (χ2v) is 3.18. The van der Waals surface area contributed by atoms with Gasteiger partial charge in [0.1, 0.15) is 11.6 Å². The average molecular weight is 224 g/mol. The highest BCUT2D eigenvalue weighted by Crippen LogP contribution is 2.07. The van der Waals surface area contributed by atoms with Crippen LogP contribution in [-0.4, -0.2) is 12.5 Å². The van der Waals surface area contributed by atoms with Gasteiger partial charge in [0.15, 0.2) is 0 Å². The van der Waals surface area contributed by atoms with Gasteiger partial charge in [-0.15, -0.1) is 0 Å². The number of halogens is 2. The maximum Gasteiger partial charge on any atom is 0.251 e. The highest BCUT2D eigenvalue weighted by molar-refractivity contribution is 5.94. The van der Waals surface area contributed by atoms with Crippen molar-refractivity contribution in [3.63, 3.8) is 0 Å². The van der Waals surface area contributed by atoms with E-state index in [0.717, 1.165) is 12.1 Å².